The summed E-state index contributed by atoms with van der Waals surface area (Å²) < 4.78 is 0. The van der Waals surface area contributed by atoms with Gasteiger partial charge in [0.15, 0.2) is 0 Å². The van der Waals surface area contributed by atoms with Gasteiger partial charge in [-0.2, -0.15) is 0 Å². The van der Waals surface area contributed by atoms with E-state index in [9.17, 15) is 0 Å². The number of rotatable bonds is 4. The van der Waals surface area contributed by atoms with Crippen molar-refractivity contribution in [2.75, 3.05) is 0 Å². The first-order valence-electron chi connectivity index (χ1n) is 18.1. The van der Waals surface area contributed by atoms with Gasteiger partial charge in [0.1, 0.15) is 0 Å². The molecule has 0 saturated heterocycles. The molecule has 0 unspecified atom stereocenters. The zero-order valence-corrected chi connectivity index (χ0v) is 29.3. The Hall–Kier alpha value is -7.30. The second kappa shape index (κ2) is 13.4. The first-order valence-corrected chi connectivity index (χ1v) is 18.1. The van der Waals surface area contributed by atoms with E-state index in [0.29, 0.717) is 0 Å². The molecule has 10 aromatic rings. The van der Waals surface area contributed by atoms with Gasteiger partial charge in [0, 0.05) is 47.0 Å². The van der Waals surface area contributed by atoms with E-state index >= 15 is 0 Å². The number of benzene rings is 5. The maximum absolute atomic E-state index is 4.92. The van der Waals surface area contributed by atoms with Crippen LogP contribution in [0.3, 0.4) is 0 Å². The van der Waals surface area contributed by atoms with Gasteiger partial charge in [0.25, 0.3) is 0 Å². The summed E-state index contributed by atoms with van der Waals surface area (Å²) in [4.78, 5) is 18.9. The molecular formula is C50H32N4. The van der Waals surface area contributed by atoms with Gasteiger partial charge in [-0.25, -0.2) is 0 Å². The highest BCUT2D eigenvalue weighted by Crippen LogP contribution is 2.38. The SMILES string of the molecule is c1ccc(-c2ccc(-c3ccc4c5ccccc5c5ccc(-c6ccc(-c7ccccn7)cn6)cc5c5ccccc5c5ccccc5c4c3)nc2)nc1. The molecule has 0 amide bonds. The molecule has 0 bridgehead atoms. The Bertz CT molecular complexity index is 2800. The fourth-order valence-electron chi connectivity index (χ4n) is 7.68. The van der Waals surface area contributed by atoms with Crippen LogP contribution in [-0.4, -0.2) is 19.9 Å². The van der Waals surface area contributed by atoms with Crippen LogP contribution in [0.25, 0.3) is 98.9 Å². The lowest BCUT2D eigenvalue weighted by molar-refractivity contribution is 1.28. The molecule has 0 aliphatic heterocycles. The molecule has 54 heavy (non-hydrogen) atoms. The third kappa shape index (κ3) is 5.58. The Morgan fingerprint density at radius 1 is 0.222 bits per heavy atom. The fraction of sp³-hybridized carbons (Fsp3) is 0. The Morgan fingerprint density at radius 2 is 0.537 bits per heavy atom. The van der Waals surface area contributed by atoms with E-state index < -0.39 is 0 Å². The van der Waals surface area contributed by atoms with Gasteiger partial charge in [-0.3, -0.25) is 19.9 Å². The van der Waals surface area contributed by atoms with E-state index in [0.717, 1.165) is 45.0 Å². The van der Waals surface area contributed by atoms with Crippen molar-refractivity contribution in [3.8, 4) is 45.0 Å². The van der Waals surface area contributed by atoms with Gasteiger partial charge >= 0.3 is 0 Å². The number of hydrogen-bond donors (Lipinski definition) is 0. The quantitative estimate of drug-likeness (QED) is 0.185. The molecule has 0 fully saturated rings. The molecular weight excluding hydrogens is 657 g/mol. The summed E-state index contributed by atoms with van der Waals surface area (Å²) >= 11 is 0. The van der Waals surface area contributed by atoms with Crippen LogP contribution >= 0.6 is 0 Å². The lowest BCUT2D eigenvalue weighted by atomic mass is 9.92. The number of nitrogens with zero attached hydrogens (tertiary/aromatic N) is 4. The second-order valence-corrected chi connectivity index (χ2v) is 13.5. The van der Waals surface area contributed by atoms with Crippen LogP contribution in [0, 0.1) is 0 Å². The van der Waals surface area contributed by atoms with E-state index in [4.69, 9.17) is 9.97 Å². The van der Waals surface area contributed by atoms with Crippen LogP contribution in [0.1, 0.15) is 0 Å². The minimum atomic E-state index is 0.911. The lowest BCUT2D eigenvalue weighted by Crippen LogP contribution is -1.88. The van der Waals surface area contributed by atoms with Gasteiger partial charge in [-0.05, 0) is 115 Å². The topological polar surface area (TPSA) is 51.6 Å². The summed E-state index contributed by atoms with van der Waals surface area (Å²) in [6.07, 6.45) is 7.46. The van der Waals surface area contributed by atoms with Crippen molar-refractivity contribution in [2.24, 2.45) is 0 Å². The average Bonchev–Trinajstić information content (AvgIpc) is 3.26. The molecule has 252 valence electrons. The summed E-state index contributed by atoms with van der Waals surface area (Å²) in [6.45, 7) is 0. The third-order valence-electron chi connectivity index (χ3n) is 10.3. The second-order valence-electron chi connectivity index (χ2n) is 13.5. The van der Waals surface area contributed by atoms with Crippen molar-refractivity contribution in [3.05, 3.63) is 195 Å². The van der Waals surface area contributed by atoms with E-state index in [1.807, 2.05) is 61.2 Å². The van der Waals surface area contributed by atoms with E-state index in [1.165, 1.54) is 53.9 Å². The number of hydrogen-bond acceptors (Lipinski definition) is 4. The molecule has 0 atom stereocenters. The summed E-state index contributed by atoms with van der Waals surface area (Å²) in [7, 11) is 0. The normalized spacial score (nSPS) is 11.3. The molecule has 4 nitrogen and oxygen atoms in total. The Kier molecular flexibility index (Phi) is 7.77. The Morgan fingerprint density at radius 3 is 0.870 bits per heavy atom. The minimum Gasteiger partial charge on any atom is -0.256 e. The zero-order valence-electron chi connectivity index (χ0n) is 29.3. The van der Waals surface area contributed by atoms with Gasteiger partial charge in [-0.1, -0.05) is 109 Å². The largest absolute Gasteiger partial charge is 0.256 e. The summed E-state index contributed by atoms with van der Waals surface area (Å²) in [5, 5.41) is 11.7. The molecule has 0 N–H and O–H groups in total. The van der Waals surface area contributed by atoms with E-state index in [-0.39, 0.29) is 0 Å². The summed E-state index contributed by atoms with van der Waals surface area (Å²) in [5.74, 6) is 0. The molecule has 0 aliphatic rings. The number of pyridine rings is 4. The van der Waals surface area contributed by atoms with Crippen LogP contribution in [0.2, 0.25) is 0 Å². The summed E-state index contributed by atoms with van der Waals surface area (Å²) in [5.41, 5.74) is 7.76. The molecule has 4 aromatic heterocycles. The van der Waals surface area contributed by atoms with Crippen LogP contribution in [-0.2, 0) is 0 Å². The Labute approximate surface area is 312 Å². The highest BCUT2D eigenvalue weighted by molar-refractivity contribution is 6.26. The molecule has 0 saturated carbocycles. The molecule has 4 heteroatoms. The van der Waals surface area contributed by atoms with Crippen LogP contribution in [0.15, 0.2) is 195 Å². The molecule has 0 radical (unpaired) electrons. The maximum Gasteiger partial charge on any atom is 0.0717 e. The molecule has 0 spiro atoms. The highest BCUT2D eigenvalue weighted by atomic mass is 14.7. The minimum absolute atomic E-state index is 0.911. The molecule has 6 aromatic carbocycles. The standard InChI is InChI=1S/C50H32N4/c1-2-14-40-39(13-1)43-23-19-33(49-25-21-35(31-53-49)47-17-7-9-27-51-47)29-45(43)41-15-5-3-11-37(41)38-12-4-6-16-42(38)46-30-34(20-24-44(40)46)50-26-22-36(32-54-50)48-18-8-10-28-52-48/h1-32H. The third-order valence-corrected chi connectivity index (χ3v) is 10.3. The van der Waals surface area contributed by atoms with Gasteiger partial charge in [0.2, 0.25) is 0 Å². The monoisotopic (exact) mass is 688 g/mol. The maximum atomic E-state index is 4.92. The van der Waals surface area contributed by atoms with Crippen molar-refractivity contribution in [1.29, 1.82) is 0 Å². The number of fused-ring (bicyclic) bond motifs is 10. The van der Waals surface area contributed by atoms with E-state index in [2.05, 4.69) is 143 Å². The molecule has 4 heterocycles. The average molecular weight is 689 g/mol. The smallest absolute Gasteiger partial charge is 0.0717 e. The van der Waals surface area contributed by atoms with E-state index in [1.54, 1.807) is 0 Å². The first-order chi connectivity index (χ1) is 26.8. The van der Waals surface area contributed by atoms with Gasteiger partial charge in [0.05, 0.1) is 22.8 Å². The van der Waals surface area contributed by atoms with Crippen molar-refractivity contribution < 1.29 is 0 Å². The van der Waals surface area contributed by atoms with Crippen molar-refractivity contribution >= 4 is 53.9 Å². The highest BCUT2D eigenvalue weighted by Gasteiger charge is 2.12. The van der Waals surface area contributed by atoms with Gasteiger partial charge in [-0.15, -0.1) is 0 Å². The molecule has 10 rings (SSSR count). The zero-order chi connectivity index (χ0) is 35.8. The van der Waals surface area contributed by atoms with Crippen molar-refractivity contribution in [2.45, 2.75) is 0 Å². The Balaban J connectivity index is 1.25. The van der Waals surface area contributed by atoms with Crippen LogP contribution < -0.4 is 0 Å². The van der Waals surface area contributed by atoms with Crippen LogP contribution in [0.5, 0.6) is 0 Å². The lowest BCUT2D eigenvalue weighted by Gasteiger charge is -2.12. The first kappa shape index (κ1) is 31.4. The predicted molar refractivity (Wildman–Crippen MR) is 225 cm³/mol. The number of aromatic nitrogens is 4. The fourth-order valence-corrected chi connectivity index (χ4v) is 7.68. The van der Waals surface area contributed by atoms with Crippen molar-refractivity contribution in [1.82, 2.24) is 19.9 Å². The summed E-state index contributed by atoms with van der Waals surface area (Å²) in [6, 6.07) is 60.2. The van der Waals surface area contributed by atoms with Crippen molar-refractivity contribution in [3.63, 3.8) is 0 Å². The molecule has 0 aliphatic carbocycles. The predicted octanol–water partition coefficient (Wildman–Crippen LogP) is 12.8. The van der Waals surface area contributed by atoms with Crippen LogP contribution in [0.4, 0.5) is 0 Å². The van der Waals surface area contributed by atoms with Gasteiger partial charge < -0.3 is 0 Å².